The molecule has 140 valence electrons. The summed E-state index contributed by atoms with van der Waals surface area (Å²) >= 11 is 0. The fraction of sp³-hybridized carbons (Fsp3) is 0.158. The standard InChI is InChI=1S/C19H20N4O4/c1-2-20-12-16(24)22-23-19(27)17(25)14-10-6-7-11-15(14)21-18(26)13-8-4-3-5-9-13/h3-11,20H,2,12H2,1H3,(H,21,26)(H,22,24)(H,23,27). The van der Waals surface area contributed by atoms with Crippen LogP contribution >= 0.6 is 0 Å². The van der Waals surface area contributed by atoms with Gasteiger partial charge in [0.05, 0.1) is 17.8 Å². The second-order valence-electron chi connectivity index (χ2n) is 5.48. The number of ketones is 1. The first-order valence-corrected chi connectivity index (χ1v) is 8.32. The molecule has 27 heavy (non-hydrogen) atoms. The first-order chi connectivity index (χ1) is 13.0. The van der Waals surface area contributed by atoms with Crippen molar-refractivity contribution in [3.8, 4) is 0 Å². The third-order valence-electron chi connectivity index (χ3n) is 3.51. The molecule has 0 atom stereocenters. The summed E-state index contributed by atoms with van der Waals surface area (Å²) in [5.74, 6) is -2.79. The molecule has 0 aliphatic rings. The minimum Gasteiger partial charge on any atom is -0.321 e. The zero-order valence-electron chi connectivity index (χ0n) is 14.7. The maximum atomic E-state index is 12.4. The molecule has 3 amide bonds. The maximum Gasteiger partial charge on any atom is 0.310 e. The van der Waals surface area contributed by atoms with Gasteiger partial charge in [0.2, 0.25) is 0 Å². The van der Waals surface area contributed by atoms with E-state index in [4.69, 9.17) is 0 Å². The van der Waals surface area contributed by atoms with Gasteiger partial charge in [-0.25, -0.2) is 0 Å². The molecule has 2 aromatic carbocycles. The molecule has 2 rings (SSSR count). The lowest BCUT2D eigenvalue weighted by Crippen LogP contribution is -2.47. The fourth-order valence-electron chi connectivity index (χ4n) is 2.16. The van der Waals surface area contributed by atoms with Crippen LogP contribution in [0, 0.1) is 0 Å². The van der Waals surface area contributed by atoms with Crippen LogP contribution in [0.1, 0.15) is 27.6 Å². The molecule has 0 aliphatic heterocycles. The van der Waals surface area contributed by atoms with Gasteiger partial charge in [0.15, 0.2) is 0 Å². The van der Waals surface area contributed by atoms with E-state index in [0.717, 1.165) is 0 Å². The van der Waals surface area contributed by atoms with Crippen LogP contribution in [0.5, 0.6) is 0 Å². The quantitative estimate of drug-likeness (QED) is 0.329. The number of likely N-dealkylation sites (N-methyl/N-ethyl adjacent to an activating group) is 1. The molecule has 8 nitrogen and oxygen atoms in total. The van der Waals surface area contributed by atoms with Crippen molar-refractivity contribution in [2.45, 2.75) is 6.92 Å². The van der Waals surface area contributed by atoms with Gasteiger partial charge in [-0.1, -0.05) is 37.3 Å². The molecule has 0 spiro atoms. The van der Waals surface area contributed by atoms with Crippen LogP contribution in [0.3, 0.4) is 0 Å². The highest BCUT2D eigenvalue weighted by Gasteiger charge is 2.21. The van der Waals surface area contributed by atoms with E-state index in [9.17, 15) is 19.2 Å². The lowest BCUT2D eigenvalue weighted by Gasteiger charge is -2.11. The van der Waals surface area contributed by atoms with Crippen LogP contribution in [0.4, 0.5) is 5.69 Å². The zero-order valence-corrected chi connectivity index (χ0v) is 14.7. The van der Waals surface area contributed by atoms with Crippen molar-refractivity contribution in [2.75, 3.05) is 18.4 Å². The Bertz CT molecular complexity index is 837. The van der Waals surface area contributed by atoms with Gasteiger partial charge in [0.1, 0.15) is 0 Å². The molecule has 0 aliphatic carbocycles. The topological polar surface area (TPSA) is 116 Å². The second-order valence-corrected chi connectivity index (χ2v) is 5.48. The maximum absolute atomic E-state index is 12.4. The molecule has 2 aromatic rings. The average Bonchev–Trinajstić information content (AvgIpc) is 2.70. The number of anilines is 1. The molecule has 0 aromatic heterocycles. The van der Waals surface area contributed by atoms with Crippen molar-refractivity contribution in [2.24, 2.45) is 0 Å². The normalized spacial score (nSPS) is 9.96. The van der Waals surface area contributed by atoms with E-state index in [1.807, 2.05) is 6.92 Å². The van der Waals surface area contributed by atoms with Crippen LogP contribution in [-0.2, 0) is 9.59 Å². The lowest BCUT2D eigenvalue weighted by atomic mass is 10.1. The van der Waals surface area contributed by atoms with E-state index >= 15 is 0 Å². The number of benzene rings is 2. The number of carbonyl (C=O) groups excluding carboxylic acids is 4. The number of Topliss-reactive ketones (excluding diaryl/α,β-unsaturated/α-hetero) is 1. The minimum absolute atomic E-state index is 0.00862. The fourth-order valence-corrected chi connectivity index (χ4v) is 2.16. The van der Waals surface area contributed by atoms with Crippen molar-refractivity contribution < 1.29 is 19.2 Å². The van der Waals surface area contributed by atoms with Gasteiger partial charge in [-0.15, -0.1) is 0 Å². The van der Waals surface area contributed by atoms with Gasteiger partial charge < -0.3 is 10.6 Å². The number of hydrazine groups is 1. The van der Waals surface area contributed by atoms with Crippen molar-refractivity contribution >= 4 is 29.2 Å². The molecule has 0 bridgehead atoms. The zero-order chi connectivity index (χ0) is 19.6. The highest BCUT2D eigenvalue weighted by atomic mass is 16.2. The molecule has 8 heteroatoms. The van der Waals surface area contributed by atoms with Crippen LogP contribution in [0.2, 0.25) is 0 Å². The molecular formula is C19H20N4O4. The highest BCUT2D eigenvalue weighted by molar-refractivity contribution is 6.44. The lowest BCUT2D eigenvalue weighted by molar-refractivity contribution is -0.126. The SMILES string of the molecule is CCNCC(=O)NNC(=O)C(=O)c1ccccc1NC(=O)c1ccccc1. The predicted molar refractivity (Wildman–Crippen MR) is 100.0 cm³/mol. The van der Waals surface area contributed by atoms with Crippen LogP contribution in [0.25, 0.3) is 0 Å². The Morgan fingerprint density at radius 2 is 1.52 bits per heavy atom. The highest BCUT2D eigenvalue weighted by Crippen LogP contribution is 2.17. The Morgan fingerprint density at radius 1 is 0.852 bits per heavy atom. The summed E-state index contributed by atoms with van der Waals surface area (Å²) in [5, 5.41) is 5.40. The smallest absolute Gasteiger partial charge is 0.310 e. The van der Waals surface area contributed by atoms with E-state index < -0.39 is 23.5 Å². The molecule has 0 unspecified atom stereocenters. The van der Waals surface area contributed by atoms with Gasteiger partial charge >= 0.3 is 5.91 Å². The number of rotatable bonds is 7. The third-order valence-corrected chi connectivity index (χ3v) is 3.51. The Kier molecular flexibility index (Phi) is 7.21. The molecule has 0 radical (unpaired) electrons. The first kappa shape index (κ1) is 19.8. The van der Waals surface area contributed by atoms with Gasteiger partial charge in [0, 0.05) is 5.56 Å². The van der Waals surface area contributed by atoms with Crippen LogP contribution < -0.4 is 21.5 Å². The van der Waals surface area contributed by atoms with Crippen molar-refractivity contribution in [1.82, 2.24) is 16.2 Å². The average molecular weight is 368 g/mol. The van der Waals surface area contributed by atoms with Crippen LogP contribution in [-0.4, -0.2) is 36.6 Å². The molecular weight excluding hydrogens is 348 g/mol. The first-order valence-electron chi connectivity index (χ1n) is 8.32. The summed E-state index contributed by atoms with van der Waals surface area (Å²) in [6, 6.07) is 14.6. The monoisotopic (exact) mass is 368 g/mol. The molecule has 0 saturated carbocycles. The third kappa shape index (κ3) is 5.75. The van der Waals surface area contributed by atoms with Crippen LogP contribution in [0.15, 0.2) is 54.6 Å². The van der Waals surface area contributed by atoms with E-state index in [0.29, 0.717) is 12.1 Å². The summed E-state index contributed by atoms with van der Waals surface area (Å²) in [6.07, 6.45) is 0. The Hall–Kier alpha value is -3.52. The number of carbonyl (C=O) groups is 4. The summed E-state index contributed by atoms with van der Waals surface area (Å²) in [4.78, 5) is 48.2. The minimum atomic E-state index is -1.01. The number of amides is 3. The van der Waals surface area contributed by atoms with Crippen molar-refractivity contribution in [1.29, 1.82) is 0 Å². The molecule has 0 saturated heterocycles. The van der Waals surface area contributed by atoms with E-state index in [2.05, 4.69) is 21.5 Å². The molecule has 0 fully saturated rings. The largest absolute Gasteiger partial charge is 0.321 e. The molecule has 4 N–H and O–H groups in total. The van der Waals surface area contributed by atoms with Crippen molar-refractivity contribution in [3.05, 3.63) is 65.7 Å². The summed E-state index contributed by atoms with van der Waals surface area (Å²) in [7, 11) is 0. The van der Waals surface area contributed by atoms with E-state index in [-0.39, 0.29) is 17.8 Å². The second kappa shape index (κ2) is 9.83. The predicted octanol–water partition coefficient (Wildman–Crippen LogP) is 0.878. The summed E-state index contributed by atoms with van der Waals surface area (Å²) in [5.41, 5.74) is 4.84. The van der Waals surface area contributed by atoms with E-state index in [1.165, 1.54) is 12.1 Å². The number of hydrogen-bond acceptors (Lipinski definition) is 5. The number of para-hydroxylation sites is 1. The van der Waals surface area contributed by atoms with Crippen molar-refractivity contribution in [3.63, 3.8) is 0 Å². The summed E-state index contributed by atoms with van der Waals surface area (Å²) < 4.78 is 0. The summed E-state index contributed by atoms with van der Waals surface area (Å²) in [6.45, 7) is 2.43. The van der Waals surface area contributed by atoms with Gasteiger partial charge in [0.25, 0.3) is 17.6 Å². The van der Waals surface area contributed by atoms with Gasteiger partial charge in [-0.2, -0.15) is 0 Å². The van der Waals surface area contributed by atoms with Gasteiger partial charge in [-0.05, 0) is 30.8 Å². The number of hydrogen-bond donors (Lipinski definition) is 4. The van der Waals surface area contributed by atoms with E-state index in [1.54, 1.807) is 42.5 Å². The Balaban J connectivity index is 2.05. The Labute approximate surface area is 156 Å². The Morgan fingerprint density at radius 3 is 2.22 bits per heavy atom. The number of nitrogens with one attached hydrogen (secondary N) is 4. The van der Waals surface area contributed by atoms with Gasteiger partial charge in [-0.3, -0.25) is 30.0 Å². The molecule has 0 heterocycles.